The standard InChI is InChI=1S/C60H99NO10/c1-4-7-10-13-16-19-22-25-27-28-29-32-35-38-41-44-47-53(64)59(68)61-51(52(63)46-43-40-37-34-31-24-21-18-15-12-9-6-3)50-69-60-58(57(67)56(66)54(49-62)70-60)71-55(65)48-45-42-39-36-33-30-26-23-20-17-14-11-8-5-2/h7-8,10-11,13,16-17,19-20,22,25,27-29,32,35,43,46,51-54,56-58,60,62-64,66-67H,4-6,9,12,14-15,18,21,23-24,26,30-31,33-34,36-42,44-45,47-50H2,1-3H3,(H,61,68)/b10-7-,11-8+,16-13+,20-17+,22-19+,27-25-,29-28+,35-32+,46-43+. The lowest BCUT2D eigenvalue weighted by Crippen LogP contribution is -2.61. The maximum atomic E-state index is 13.3. The first-order chi connectivity index (χ1) is 34.7. The number of rotatable bonds is 44. The summed E-state index contributed by atoms with van der Waals surface area (Å²) in [5.41, 5.74) is 0. The number of allylic oxidation sites excluding steroid dienone is 17. The van der Waals surface area contributed by atoms with E-state index in [1.165, 1.54) is 51.4 Å². The van der Waals surface area contributed by atoms with Gasteiger partial charge in [0, 0.05) is 6.42 Å². The van der Waals surface area contributed by atoms with E-state index < -0.39 is 67.4 Å². The lowest BCUT2D eigenvalue weighted by atomic mass is 9.99. The van der Waals surface area contributed by atoms with Gasteiger partial charge in [0.2, 0.25) is 5.91 Å². The molecule has 1 rings (SSSR count). The molecule has 11 heteroatoms. The lowest BCUT2D eigenvalue weighted by molar-refractivity contribution is -0.305. The van der Waals surface area contributed by atoms with Crippen molar-refractivity contribution in [1.82, 2.24) is 5.32 Å². The normalized spacial score (nSPS) is 20.5. The molecule has 0 bridgehead atoms. The Labute approximate surface area is 430 Å². The molecule has 0 aromatic rings. The minimum Gasteiger partial charge on any atom is -0.454 e. The SMILES string of the molecule is CC\C=C/C=C/C=C/C=C\C=C\C=C\CCCCC(O)C(=O)NC(COC1OC(CO)C(O)C(O)C1OC(=O)CCCCCCCCC/C=C/C/C=C/CC)C(O)/C=C/CCCCCCCCCCCC. The van der Waals surface area contributed by atoms with Crippen molar-refractivity contribution in [1.29, 1.82) is 0 Å². The van der Waals surface area contributed by atoms with E-state index >= 15 is 0 Å². The topological polar surface area (TPSA) is 175 Å². The highest BCUT2D eigenvalue weighted by atomic mass is 16.7. The summed E-state index contributed by atoms with van der Waals surface area (Å²) in [4.78, 5) is 26.4. The summed E-state index contributed by atoms with van der Waals surface area (Å²) in [7, 11) is 0. The van der Waals surface area contributed by atoms with Crippen LogP contribution in [0.25, 0.3) is 0 Å². The fourth-order valence-electron chi connectivity index (χ4n) is 7.95. The van der Waals surface area contributed by atoms with Gasteiger partial charge in [-0.05, 0) is 70.6 Å². The minimum atomic E-state index is -1.63. The summed E-state index contributed by atoms with van der Waals surface area (Å²) in [6.45, 7) is 5.47. The molecule has 0 aliphatic carbocycles. The highest BCUT2D eigenvalue weighted by Gasteiger charge is 2.47. The second-order valence-electron chi connectivity index (χ2n) is 18.7. The van der Waals surface area contributed by atoms with Crippen LogP contribution in [0.1, 0.15) is 194 Å². The third-order valence-electron chi connectivity index (χ3n) is 12.3. The molecule has 0 radical (unpaired) electrons. The number of hydrogen-bond acceptors (Lipinski definition) is 10. The molecule has 404 valence electrons. The molecule has 0 aromatic heterocycles. The molecule has 1 amide bonds. The smallest absolute Gasteiger partial charge is 0.306 e. The van der Waals surface area contributed by atoms with Crippen molar-refractivity contribution in [2.24, 2.45) is 0 Å². The van der Waals surface area contributed by atoms with E-state index in [0.29, 0.717) is 12.8 Å². The van der Waals surface area contributed by atoms with Crippen LogP contribution in [-0.2, 0) is 23.8 Å². The van der Waals surface area contributed by atoms with E-state index in [0.717, 1.165) is 96.3 Å². The van der Waals surface area contributed by atoms with Crippen molar-refractivity contribution in [2.45, 2.75) is 243 Å². The lowest BCUT2D eigenvalue weighted by Gasteiger charge is -2.41. The Balaban J connectivity index is 2.81. The minimum absolute atomic E-state index is 0.102. The number of carbonyl (C=O) groups is 2. The van der Waals surface area contributed by atoms with Crippen LogP contribution in [-0.4, -0.2) is 99.6 Å². The fraction of sp³-hybridized carbons (Fsp3) is 0.667. The highest BCUT2D eigenvalue weighted by Crippen LogP contribution is 2.26. The van der Waals surface area contributed by atoms with Crippen LogP contribution in [0.5, 0.6) is 0 Å². The van der Waals surface area contributed by atoms with Crippen molar-refractivity contribution in [3.8, 4) is 0 Å². The molecule has 71 heavy (non-hydrogen) atoms. The maximum absolute atomic E-state index is 13.3. The van der Waals surface area contributed by atoms with Gasteiger partial charge in [0.25, 0.3) is 0 Å². The molecule has 0 spiro atoms. The summed E-state index contributed by atoms with van der Waals surface area (Å²) < 4.78 is 17.5. The second kappa shape index (κ2) is 47.3. The van der Waals surface area contributed by atoms with Gasteiger partial charge in [-0.25, -0.2) is 0 Å². The molecule has 8 unspecified atom stereocenters. The summed E-state index contributed by atoms with van der Waals surface area (Å²) in [5.74, 6) is -1.26. The van der Waals surface area contributed by atoms with Gasteiger partial charge in [-0.1, -0.05) is 226 Å². The molecule has 1 fully saturated rings. The Morgan fingerprint density at radius 1 is 0.577 bits per heavy atom. The zero-order valence-corrected chi connectivity index (χ0v) is 44.3. The predicted octanol–water partition coefficient (Wildman–Crippen LogP) is 12.2. The summed E-state index contributed by atoms with van der Waals surface area (Å²) in [6, 6.07) is -1.05. The average Bonchev–Trinajstić information content (AvgIpc) is 3.37. The van der Waals surface area contributed by atoms with E-state index in [1.54, 1.807) is 6.08 Å². The molecule has 8 atom stereocenters. The summed E-state index contributed by atoms with van der Waals surface area (Å²) in [6.07, 6.45) is 52.7. The first-order valence-corrected chi connectivity index (χ1v) is 27.7. The molecular weight excluding hydrogens is 895 g/mol. The van der Waals surface area contributed by atoms with Gasteiger partial charge in [0.1, 0.15) is 24.4 Å². The molecule has 1 heterocycles. The highest BCUT2D eigenvalue weighted by molar-refractivity contribution is 5.80. The number of hydrogen-bond donors (Lipinski definition) is 6. The number of amides is 1. The number of nitrogens with one attached hydrogen (secondary N) is 1. The number of aliphatic hydroxyl groups excluding tert-OH is 5. The number of esters is 1. The molecule has 0 aromatic carbocycles. The zero-order chi connectivity index (χ0) is 51.8. The second-order valence-corrected chi connectivity index (χ2v) is 18.7. The Morgan fingerprint density at radius 2 is 1.08 bits per heavy atom. The van der Waals surface area contributed by atoms with E-state index in [2.05, 4.69) is 56.5 Å². The number of carbonyl (C=O) groups excluding carboxylic acids is 2. The van der Waals surface area contributed by atoms with Gasteiger partial charge in [0.05, 0.1) is 25.4 Å². The zero-order valence-electron chi connectivity index (χ0n) is 44.3. The number of ether oxygens (including phenoxy) is 3. The van der Waals surface area contributed by atoms with Crippen LogP contribution in [0, 0.1) is 0 Å². The van der Waals surface area contributed by atoms with Crippen LogP contribution < -0.4 is 5.32 Å². The van der Waals surface area contributed by atoms with E-state index in [1.807, 2.05) is 72.9 Å². The number of unbranched alkanes of at least 4 members (excludes halogenated alkanes) is 19. The van der Waals surface area contributed by atoms with E-state index in [4.69, 9.17) is 14.2 Å². The fourth-order valence-corrected chi connectivity index (χ4v) is 7.95. The monoisotopic (exact) mass is 994 g/mol. The van der Waals surface area contributed by atoms with Crippen molar-refractivity contribution in [3.63, 3.8) is 0 Å². The molecule has 11 nitrogen and oxygen atoms in total. The summed E-state index contributed by atoms with van der Waals surface area (Å²) >= 11 is 0. The van der Waals surface area contributed by atoms with Crippen LogP contribution in [0.3, 0.4) is 0 Å². The predicted molar refractivity (Wildman–Crippen MR) is 291 cm³/mol. The Morgan fingerprint density at radius 3 is 1.68 bits per heavy atom. The van der Waals surface area contributed by atoms with Gasteiger partial charge >= 0.3 is 5.97 Å². The molecule has 1 saturated heterocycles. The average molecular weight is 994 g/mol. The van der Waals surface area contributed by atoms with Crippen LogP contribution in [0.2, 0.25) is 0 Å². The maximum Gasteiger partial charge on any atom is 0.306 e. The van der Waals surface area contributed by atoms with Crippen molar-refractivity contribution in [3.05, 3.63) is 109 Å². The molecule has 1 aliphatic heterocycles. The first-order valence-electron chi connectivity index (χ1n) is 27.7. The van der Waals surface area contributed by atoms with Gasteiger partial charge in [0.15, 0.2) is 12.4 Å². The van der Waals surface area contributed by atoms with Gasteiger partial charge < -0.3 is 45.1 Å². The Bertz CT molecular complexity index is 1560. The van der Waals surface area contributed by atoms with Gasteiger partial charge in [-0.3, -0.25) is 9.59 Å². The molecule has 1 aliphatic rings. The van der Waals surface area contributed by atoms with Crippen LogP contribution in [0.4, 0.5) is 0 Å². The van der Waals surface area contributed by atoms with Gasteiger partial charge in [-0.15, -0.1) is 0 Å². The molecule has 6 N–H and O–H groups in total. The van der Waals surface area contributed by atoms with Gasteiger partial charge in [-0.2, -0.15) is 0 Å². The first kappa shape index (κ1) is 65.3. The quantitative estimate of drug-likeness (QED) is 0.0149. The van der Waals surface area contributed by atoms with E-state index in [-0.39, 0.29) is 19.4 Å². The van der Waals surface area contributed by atoms with Crippen molar-refractivity contribution >= 4 is 11.9 Å². The van der Waals surface area contributed by atoms with E-state index in [9.17, 15) is 35.1 Å². The molecular formula is C60H99NO10. The van der Waals surface area contributed by atoms with Crippen molar-refractivity contribution < 1.29 is 49.3 Å². The largest absolute Gasteiger partial charge is 0.454 e. The van der Waals surface area contributed by atoms with Crippen LogP contribution >= 0.6 is 0 Å². The summed E-state index contributed by atoms with van der Waals surface area (Å²) in [5, 5.41) is 56.7. The number of aliphatic hydroxyl groups is 5. The Hall–Kier alpha value is -3.68. The van der Waals surface area contributed by atoms with Crippen LogP contribution in [0.15, 0.2) is 109 Å². The van der Waals surface area contributed by atoms with Crippen molar-refractivity contribution in [2.75, 3.05) is 13.2 Å². The third kappa shape index (κ3) is 36.0. The molecule has 0 saturated carbocycles. The third-order valence-corrected chi connectivity index (χ3v) is 12.3. The Kier molecular flexibility index (Phi) is 43.6.